The van der Waals surface area contributed by atoms with Crippen molar-refractivity contribution < 1.29 is 4.74 Å². The number of ether oxygens (including phenoxy) is 1. The van der Waals surface area contributed by atoms with Crippen LogP contribution in [0.4, 0.5) is 0 Å². The first kappa shape index (κ1) is 8.28. The number of hydrogen-bond donors (Lipinski definition) is 2. The summed E-state index contributed by atoms with van der Waals surface area (Å²) in [7, 11) is 0. The number of nitrogens with zero attached hydrogens (tertiary/aromatic N) is 1. The van der Waals surface area contributed by atoms with Gasteiger partial charge in [-0.05, 0) is 6.07 Å². The van der Waals surface area contributed by atoms with Gasteiger partial charge in [0.05, 0.1) is 5.92 Å². The van der Waals surface area contributed by atoms with E-state index in [9.17, 15) is 4.79 Å². The quantitative estimate of drug-likeness (QED) is 0.713. The number of benzene rings is 1. The lowest BCUT2D eigenvalue weighted by molar-refractivity contribution is 0.340. The topological polar surface area (TPSA) is 70.8 Å². The standard InChI is InChI=1S/C10H9N3O2/c14-10-11-9(12-13-10)7-5-15-8-4-2-1-3-6(7)8/h1-4,7H,5H2,(H2,11,12,13,14). The Labute approximate surface area is 85.1 Å². The minimum absolute atomic E-state index is 0.0279. The van der Waals surface area contributed by atoms with Crippen molar-refractivity contribution in [1.82, 2.24) is 15.2 Å². The van der Waals surface area contributed by atoms with Gasteiger partial charge < -0.3 is 4.74 Å². The van der Waals surface area contributed by atoms with Crippen molar-refractivity contribution in [2.45, 2.75) is 5.92 Å². The number of para-hydroxylation sites is 1. The van der Waals surface area contributed by atoms with Crippen molar-refractivity contribution in [2.24, 2.45) is 0 Å². The van der Waals surface area contributed by atoms with E-state index in [-0.39, 0.29) is 11.6 Å². The molecule has 1 aliphatic rings. The van der Waals surface area contributed by atoms with Gasteiger partial charge in [-0.1, -0.05) is 18.2 Å². The number of fused-ring (bicyclic) bond motifs is 1. The Bertz CT molecular complexity index is 543. The molecular formula is C10H9N3O2. The Morgan fingerprint density at radius 1 is 1.40 bits per heavy atom. The highest BCUT2D eigenvalue weighted by Crippen LogP contribution is 2.35. The molecule has 1 atom stereocenters. The van der Waals surface area contributed by atoms with Crippen LogP contribution in [0.15, 0.2) is 29.1 Å². The summed E-state index contributed by atoms with van der Waals surface area (Å²) in [5, 5.41) is 6.28. The lowest BCUT2D eigenvalue weighted by atomic mass is 10.0. The molecule has 2 heterocycles. The average molecular weight is 203 g/mol. The fourth-order valence-electron chi connectivity index (χ4n) is 1.84. The normalized spacial score (nSPS) is 18.5. The van der Waals surface area contributed by atoms with Gasteiger partial charge in [-0.3, -0.25) is 4.98 Å². The number of rotatable bonds is 1. The maximum absolute atomic E-state index is 10.9. The van der Waals surface area contributed by atoms with Crippen LogP contribution in [0.25, 0.3) is 0 Å². The largest absolute Gasteiger partial charge is 0.492 e. The number of nitrogens with one attached hydrogen (secondary N) is 2. The Morgan fingerprint density at radius 3 is 3.07 bits per heavy atom. The number of hydrogen-bond acceptors (Lipinski definition) is 3. The smallest absolute Gasteiger partial charge is 0.340 e. The molecule has 0 saturated heterocycles. The van der Waals surface area contributed by atoms with Crippen LogP contribution < -0.4 is 10.4 Å². The van der Waals surface area contributed by atoms with E-state index in [2.05, 4.69) is 15.2 Å². The van der Waals surface area contributed by atoms with E-state index in [0.717, 1.165) is 11.3 Å². The van der Waals surface area contributed by atoms with Crippen LogP contribution in [0.3, 0.4) is 0 Å². The molecule has 1 aromatic heterocycles. The third-order valence-electron chi connectivity index (χ3n) is 2.55. The fourth-order valence-corrected chi connectivity index (χ4v) is 1.84. The second-order valence-electron chi connectivity index (χ2n) is 3.46. The van der Waals surface area contributed by atoms with Gasteiger partial charge in [0.15, 0.2) is 0 Å². The van der Waals surface area contributed by atoms with Crippen molar-refractivity contribution in [2.75, 3.05) is 6.61 Å². The summed E-state index contributed by atoms with van der Waals surface area (Å²) < 4.78 is 5.50. The third-order valence-corrected chi connectivity index (χ3v) is 2.55. The molecule has 76 valence electrons. The summed E-state index contributed by atoms with van der Waals surface area (Å²) in [5.74, 6) is 1.52. The van der Waals surface area contributed by atoms with E-state index in [0.29, 0.717) is 12.4 Å². The van der Waals surface area contributed by atoms with E-state index < -0.39 is 0 Å². The van der Waals surface area contributed by atoms with E-state index in [1.54, 1.807) is 0 Å². The molecule has 0 spiro atoms. The van der Waals surface area contributed by atoms with Crippen molar-refractivity contribution in [3.05, 3.63) is 46.1 Å². The van der Waals surface area contributed by atoms with E-state index in [1.165, 1.54) is 0 Å². The highest BCUT2D eigenvalue weighted by atomic mass is 16.5. The zero-order valence-electron chi connectivity index (χ0n) is 7.86. The molecule has 1 unspecified atom stereocenters. The third kappa shape index (κ3) is 1.24. The molecule has 0 aliphatic carbocycles. The summed E-state index contributed by atoms with van der Waals surface area (Å²) in [6.07, 6.45) is 0. The molecule has 0 saturated carbocycles. The van der Waals surface area contributed by atoms with Gasteiger partial charge in [-0.2, -0.15) is 5.10 Å². The zero-order valence-corrected chi connectivity index (χ0v) is 7.86. The molecule has 0 fully saturated rings. The van der Waals surface area contributed by atoms with Crippen LogP contribution in [0.2, 0.25) is 0 Å². The predicted molar refractivity (Wildman–Crippen MR) is 53.0 cm³/mol. The molecule has 2 aromatic rings. The second kappa shape index (κ2) is 2.98. The van der Waals surface area contributed by atoms with Gasteiger partial charge in [-0.25, -0.2) is 9.89 Å². The molecule has 5 nitrogen and oxygen atoms in total. The minimum Gasteiger partial charge on any atom is -0.492 e. The summed E-state index contributed by atoms with van der Waals surface area (Å²) >= 11 is 0. The van der Waals surface area contributed by atoms with Gasteiger partial charge in [0.1, 0.15) is 18.2 Å². The fraction of sp³-hybridized carbons (Fsp3) is 0.200. The average Bonchev–Trinajstić information content (AvgIpc) is 2.83. The van der Waals surface area contributed by atoms with Gasteiger partial charge >= 0.3 is 5.69 Å². The molecule has 0 bridgehead atoms. The molecule has 1 aromatic carbocycles. The van der Waals surface area contributed by atoms with Gasteiger partial charge in [0.25, 0.3) is 0 Å². The first-order valence-electron chi connectivity index (χ1n) is 4.71. The number of H-pyrrole nitrogens is 2. The first-order valence-corrected chi connectivity index (χ1v) is 4.71. The SMILES string of the molecule is O=c1[nH]nc(C2COc3ccccc32)[nH]1. The summed E-state index contributed by atoms with van der Waals surface area (Å²) in [6.45, 7) is 0.528. The van der Waals surface area contributed by atoms with Crippen LogP contribution in [-0.2, 0) is 0 Å². The molecule has 5 heteroatoms. The van der Waals surface area contributed by atoms with E-state index in [1.807, 2.05) is 24.3 Å². The lowest BCUT2D eigenvalue weighted by Gasteiger charge is -2.02. The monoisotopic (exact) mass is 203 g/mol. The maximum atomic E-state index is 10.9. The summed E-state index contributed by atoms with van der Waals surface area (Å²) in [4.78, 5) is 13.6. The molecule has 2 N–H and O–H groups in total. The molecular weight excluding hydrogens is 194 g/mol. The van der Waals surface area contributed by atoms with E-state index in [4.69, 9.17) is 4.74 Å². The lowest BCUT2D eigenvalue weighted by Crippen LogP contribution is -2.07. The van der Waals surface area contributed by atoms with Crippen molar-refractivity contribution in [3.63, 3.8) is 0 Å². The zero-order chi connectivity index (χ0) is 10.3. The van der Waals surface area contributed by atoms with Gasteiger partial charge in [0, 0.05) is 5.56 Å². The highest BCUT2D eigenvalue weighted by molar-refractivity contribution is 5.42. The molecule has 3 rings (SSSR count). The van der Waals surface area contributed by atoms with Gasteiger partial charge in [-0.15, -0.1) is 0 Å². The highest BCUT2D eigenvalue weighted by Gasteiger charge is 2.27. The second-order valence-corrected chi connectivity index (χ2v) is 3.46. The van der Waals surface area contributed by atoms with Crippen molar-refractivity contribution in [1.29, 1.82) is 0 Å². The Balaban J connectivity index is 2.07. The van der Waals surface area contributed by atoms with Crippen LogP contribution >= 0.6 is 0 Å². The van der Waals surface area contributed by atoms with Crippen LogP contribution in [0, 0.1) is 0 Å². The molecule has 0 radical (unpaired) electrons. The van der Waals surface area contributed by atoms with E-state index >= 15 is 0 Å². The van der Waals surface area contributed by atoms with Crippen LogP contribution in [0.1, 0.15) is 17.3 Å². The molecule has 0 amide bonds. The van der Waals surface area contributed by atoms with Gasteiger partial charge in [0.2, 0.25) is 0 Å². The predicted octanol–water partition coefficient (Wildman–Crippen LogP) is 0.622. The maximum Gasteiger partial charge on any atom is 0.340 e. The van der Waals surface area contributed by atoms with Crippen LogP contribution in [0.5, 0.6) is 5.75 Å². The number of aromatic amines is 2. The number of aromatic nitrogens is 3. The Morgan fingerprint density at radius 2 is 2.27 bits per heavy atom. The summed E-state index contributed by atoms with van der Waals surface area (Å²) in [6, 6.07) is 7.78. The first-order chi connectivity index (χ1) is 7.34. The van der Waals surface area contributed by atoms with Crippen LogP contribution in [-0.4, -0.2) is 21.8 Å². The molecule has 15 heavy (non-hydrogen) atoms. The minimum atomic E-state index is -0.283. The van der Waals surface area contributed by atoms with Crippen molar-refractivity contribution in [3.8, 4) is 5.75 Å². The Hall–Kier alpha value is -2.04. The van der Waals surface area contributed by atoms with Crippen molar-refractivity contribution >= 4 is 0 Å². The molecule has 1 aliphatic heterocycles. The Kier molecular flexibility index (Phi) is 1.65. The summed E-state index contributed by atoms with van der Waals surface area (Å²) in [5.41, 5.74) is 0.787.